The number of imidazole rings is 1. The first-order valence-electron chi connectivity index (χ1n) is 8.70. The molecule has 3 N–H and O–H groups in total. The van der Waals surface area contributed by atoms with Gasteiger partial charge in [0.1, 0.15) is 5.82 Å². The van der Waals surface area contributed by atoms with Gasteiger partial charge in [0.05, 0.1) is 23.7 Å². The second-order valence-electron chi connectivity index (χ2n) is 6.59. The molecule has 6 heteroatoms. The first-order valence-corrected chi connectivity index (χ1v) is 8.70. The van der Waals surface area contributed by atoms with Crippen LogP contribution in [0.5, 0.6) is 0 Å². The molecule has 1 aromatic heterocycles. The third-order valence-corrected chi connectivity index (χ3v) is 4.96. The van der Waals surface area contributed by atoms with E-state index in [1.165, 1.54) is 11.1 Å². The van der Waals surface area contributed by atoms with Crippen molar-refractivity contribution in [1.29, 1.82) is 0 Å². The molecule has 2 aromatic rings. The van der Waals surface area contributed by atoms with Crippen LogP contribution in [0.4, 0.5) is 4.79 Å². The van der Waals surface area contributed by atoms with Gasteiger partial charge in [-0.2, -0.15) is 0 Å². The number of rotatable bonds is 4. The lowest BCUT2D eigenvalue weighted by molar-refractivity contribution is 0.108. The molecule has 0 radical (unpaired) electrons. The fraction of sp³-hybridized carbons (Fsp3) is 0.556. The zero-order valence-electron chi connectivity index (χ0n) is 14.4. The quantitative estimate of drug-likeness (QED) is 0.804. The lowest BCUT2D eigenvalue weighted by atomic mass is 10.0. The van der Waals surface area contributed by atoms with E-state index in [1.807, 2.05) is 6.07 Å². The summed E-state index contributed by atoms with van der Waals surface area (Å²) in [5.74, 6) is 0.886. The van der Waals surface area contributed by atoms with Gasteiger partial charge in [-0.1, -0.05) is 6.07 Å². The van der Waals surface area contributed by atoms with Crippen LogP contribution in [-0.4, -0.2) is 51.7 Å². The molecule has 2 amide bonds. The Balaban J connectivity index is 1.58. The maximum atomic E-state index is 12.3. The van der Waals surface area contributed by atoms with Gasteiger partial charge in [0.25, 0.3) is 0 Å². The Morgan fingerprint density at radius 2 is 2.25 bits per heavy atom. The molecule has 1 saturated heterocycles. The van der Waals surface area contributed by atoms with Crippen LogP contribution in [0, 0.1) is 13.8 Å². The molecule has 0 bridgehead atoms. The zero-order chi connectivity index (χ0) is 17.1. The van der Waals surface area contributed by atoms with Gasteiger partial charge < -0.3 is 20.3 Å². The topological polar surface area (TPSA) is 81.2 Å². The molecule has 1 aromatic carbocycles. The second-order valence-corrected chi connectivity index (χ2v) is 6.59. The molecule has 1 fully saturated rings. The van der Waals surface area contributed by atoms with Gasteiger partial charge in [-0.15, -0.1) is 0 Å². The number of nitrogens with one attached hydrogen (secondary N) is 2. The Hall–Kier alpha value is -2.08. The van der Waals surface area contributed by atoms with Crippen LogP contribution in [0.1, 0.15) is 36.2 Å². The van der Waals surface area contributed by atoms with Crippen LogP contribution in [0.2, 0.25) is 0 Å². The summed E-state index contributed by atoms with van der Waals surface area (Å²) < 4.78 is 0. The van der Waals surface area contributed by atoms with Gasteiger partial charge in [0.15, 0.2) is 0 Å². The molecule has 1 aliphatic rings. The second kappa shape index (κ2) is 7.21. The Bertz CT molecular complexity index is 725. The molecular formula is C18H26N4O2. The number of piperidine rings is 1. The fourth-order valence-electron chi connectivity index (χ4n) is 3.33. The van der Waals surface area contributed by atoms with Crippen LogP contribution in [0.25, 0.3) is 11.0 Å². The lowest BCUT2D eigenvalue weighted by Gasteiger charge is -2.34. The van der Waals surface area contributed by atoms with E-state index in [-0.39, 0.29) is 18.7 Å². The third kappa shape index (κ3) is 3.38. The molecule has 1 aliphatic heterocycles. The first kappa shape index (κ1) is 16.8. The Labute approximate surface area is 142 Å². The minimum absolute atomic E-state index is 0.0373. The summed E-state index contributed by atoms with van der Waals surface area (Å²) in [6.45, 7) is 5.45. The maximum absolute atomic E-state index is 12.3. The van der Waals surface area contributed by atoms with Gasteiger partial charge in [-0.25, -0.2) is 9.78 Å². The van der Waals surface area contributed by atoms with E-state index in [0.717, 1.165) is 42.7 Å². The summed E-state index contributed by atoms with van der Waals surface area (Å²) in [6.07, 6.45) is 3.63. The number of aryl methyl sites for hydroxylation is 2. The van der Waals surface area contributed by atoms with E-state index < -0.39 is 0 Å². The van der Waals surface area contributed by atoms with Gasteiger partial charge in [0, 0.05) is 19.5 Å². The van der Waals surface area contributed by atoms with Crippen molar-refractivity contribution in [3.8, 4) is 0 Å². The summed E-state index contributed by atoms with van der Waals surface area (Å²) in [7, 11) is 0. The van der Waals surface area contributed by atoms with Crippen molar-refractivity contribution in [2.24, 2.45) is 0 Å². The number of fused-ring (bicyclic) bond motifs is 1. The van der Waals surface area contributed by atoms with Crippen LogP contribution in [0.3, 0.4) is 0 Å². The highest BCUT2D eigenvalue weighted by molar-refractivity contribution is 5.80. The highest BCUT2D eigenvalue weighted by Crippen LogP contribution is 2.19. The van der Waals surface area contributed by atoms with Gasteiger partial charge in [-0.05, 0) is 50.3 Å². The molecule has 2 heterocycles. The predicted octanol–water partition coefficient (Wildman–Crippen LogP) is 2.28. The van der Waals surface area contributed by atoms with Crippen LogP contribution in [-0.2, 0) is 6.42 Å². The Morgan fingerprint density at radius 1 is 1.42 bits per heavy atom. The third-order valence-electron chi connectivity index (χ3n) is 4.96. The van der Waals surface area contributed by atoms with Crippen molar-refractivity contribution in [3.05, 3.63) is 29.1 Å². The largest absolute Gasteiger partial charge is 0.394 e. The summed E-state index contributed by atoms with van der Waals surface area (Å²) in [6, 6.07) is 4.01. The molecule has 24 heavy (non-hydrogen) atoms. The molecule has 0 spiro atoms. The summed E-state index contributed by atoms with van der Waals surface area (Å²) >= 11 is 0. The van der Waals surface area contributed by atoms with Crippen LogP contribution >= 0.6 is 0 Å². The Morgan fingerprint density at radius 3 is 3.04 bits per heavy atom. The molecule has 1 unspecified atom stereocenters. The molecule has 1 atom stereocenters. The van der Waals surface area contributed by atoms with Crippen LogP contribution in [0.15, 0.2) is 12.1 Å². The fourth-order valence-corrected chi connectivity index (χ4v) is 3.33. The number of carbonyl (C=O) groups is 1. The van der Waals surface area contributed by atoms with E-state index in [9.17, 15) is 9.90 Å². The molecule has 3 rings (SSSR count). The minimum atomic E-state index is -0.0862. The standard InChI is InChI=1S/C18H26N4O2/c1-12-6-7-15-17(13(12)2)21-16(20-15)8-9-19-18(24)22-10-4-3-5-14(22)11-23/h6-7,14,23H,3-5,8-11H2,1-2H3,(H,19,24)(H,20,21). The summed E-state index contributed by atoms with van der Waals surface area (Å²) in [5, 5.41) is 12.4. The average Bonchev–Trinajstić information content (AvgIpc) is 3.02. The zero-order valence-corrected chi connectivity index (χ0v) is 14.4. The molecule has 0 saturated carbocycles. The highest BCUT2D eigenvalue weighted by atomic mass is 16.3. The number of aliphatic hydroxyl groups excluding tert-OH is 1. The molecule has 0 aliphatic carbocycles. The number of urea groups is 1. The van der Waals surface area contributed by atoms with Crippen molar-refractivity contribution >= 4 is 17.1 Å². The number of aromatic amines is 1. The van der Waals surface area contributed by atoms with Gasteiger partial charge >= 0.3 is 6.03 Å². The summed E-state index contributed by atoms with van der Waals surface area (Å²) in [5.41, 5.74) is 4.47. The van der Waals surface area contributed by atoms with Crippen molar-refractivity contribution in [2.45, 2.75) is 45.6 Å². The number of hydrogen-bond donors (Lipinski definition) is 3. The van der Waals surface area contributed by atoms with E-state index in [1.54, 1.807) is 4.90 Å². The van der Waals surface area contributed by atoms with Gasteiger partial charge in [-0.3, -0.25) is 0 Å². The molecular weight excluding hydrogens is 304 g/mol. The summed E-state index contributed by atoms with van der Waals surface area (Å²) in [4.78, 5) is 22.0. The van der Waals surface area contributed by atoms with Crippen molar-refractivity contribution < 1.29 is 9.90 Å². The van der Waals surface area contributed by atoms with Crippen molar-refractivity contribution in [3.63, 3.8) is 0 Å². The number of H-pyrrole nitrogens is 1. The number of aliphatic hydroxyl groups is 1. The average molecular weight is 330 g/mol. The highest BCUT2D eigenvalue weighted by Gasteiger charge is 2.25. The number of carbonyl (C=O) groups excluding carboxylic acids is 1. The minimum Gasteiger partial charge on any atom is -0.394 e. The monoisotopic (exact) mass is 330 g/mol. The molecule has 6 nitrogen and oxygen atoms in total. The number of likely N-dealkylation sites (tertiary alicyclic amines) is 1. The first-order chi connectivity index (χ1) is 11.6. The lowest BCUT2D eigenvalue weighted by Crippen LogP contribution is -2.50. The normalized spacial score (nSPS) is 18.1. The van der Waals surface area contributed by atoms with E-state index in [2.05, 4.69) is 35.2 Å². The number of hydrogen-bond acceptors (Lipinski definition) is 3. The Kier molecular flexibility index (Phi) is 5.04. The smallest absolute Gasteiger partial charge is 0.317 e. The van der Waals surface area contributed by atoms with Crippen molar-refractivity contribution in [1.82, 2.24) is 20.2 Å². The number of amides is 2. The van der Waals surface area contributed by atoms with Crippen LogP contribution < -0.4 is 5.32 Å². The van der Waals surface area contributed by atoms with E-state index in [0.29, 0.717) is 13.0 Å². The number of nitrogens with zero attached hydrogens (tertiary/aromatic N) is 2. The predicted molar refractivity (Wildman–Crippen MR) is 94.1 cm³/mol. The molecule has 130 valence electrons. The van der Waals surface area contributed by atoms with E-state index >= 15 is 0 Å². The maximum Gasteiger partial charge on any atom is 0.317 e. The van der Waals surface area contributed by atoms with Gasteiger partial charge in [0.2, 0.25) is 0 Å². The number of benzene rings is 1. The number of aromatic nitrogens is 2. The van der Waals surface area contributed by atoms with Crippen molar-refractivity contribution in [2.75, 3.05) is 19.7 Å². The van der Waals surface area contributed by atoms with E-state index in [4.69, 9.17) is 0 Å². The SMILES string of the molecule is Cc1ccc2[nH]c(CCNC(=O)N3CCCCC3CO)nc2c1C.